The average molecular weight is 258 g/mol. The highest BCUT2D eigenvalue weighted by Gasteiger charge is 2.36. The molecule has 1 aromatic carbocycles. The second-order valence-corrected chi connectivity index (χ2v) is 5.55. The van der Waals surface area contributed by atoms with E-state index < -0.39 is 0 Å². The predicted octanol–water partition coefficient (Wildman–Crippen LogP) is 4.21. The van der Waals surface area contributed by atoms with E-state index in [9.17, 15) is 0 Å². The van der Waals surface area contributed by atoms with Crippen LogP contribution in [0.3, 0.4) is 0 Å². The topological polar surface area (TPSA) is 27.1 Å². The Morgan fingerprint density at radius 2 is 1.63 bits per heavy atom. The third-order valence-electron chi connectivity index (χ3n) is 4.66. The molecule has 2 heteroatoms. The van der Waals surface area contributed by atoms with E-state index in [1.54, 1.807) is 0 Å². The number of hydrogen-bond acceptors (Lipinski definition) is 1. The third-order valence-corrected chi connectivity index (χ3v) is 4.66. The first-order valence-electron chi connectivity index (χ1n) is 7.64. The van der Waals surface area contributed by atoms with Crippen LogP contribution < -0.4 is 0 Å². The van der Waals surface area contributed by atoms with Crippen LogP contribution in [0.25, 0.3) is 0 Å². The molecule has 19 heavy (non-hydrogen) atoms. The van der Waals surface area contributed by atoms with Crippen molar-refractivity contribution in [2.75, 3.05) is 13.1 Å². The molecular weight excluding hydrogens is 232 g/mol. The van der Waals surface area contributed by atoms with Crippen molar-refractivity contribution in [3.8, 4) is 0 Å². The first kappa shape index (κ1) is 14.1. The van der Waals surface area contributed by atoms with Crippen LogP contribution in [0.4, 0.5) is 0 Å². The Balaban J connectivity index is 2.30. The Labute approximate surface area is 117 Å². The van der Waals surface area contributed by atoms with Gasteiger partial charge in [0, 0.05) is 13.1 Å². The van der Waals surface area contributed by atoms with Crippen LogP contribution in [0.15, 0.2) is 30.3 Å². The van der Waals surface area contributed by atoms with Crippen LogP contribution in [0.2, 0.25) is 0 Å². The van der Waals surface area contributed by atoms with Crippen molar-refractivity contribution < 1.29 is 0 Å². The molecule has 1 aliphatic rings. The fraction of sp³-hybridized carbons (Fsp3) is 0.588. The molecule has 0 unspecified atom stereocenters. The van der Waals surface area contributed by atoms with E-state index in [1.807, 2.05) is 0 Å². The summed E-state index contributed by atoms with van der Waals surface area (Å²) in [6, 6.07) is 10.6. The Morgan fingerprint density at radius 1 is 1.05 bits per heavy atom. The molecule has 0 saturated carbocycles. The highest BCUT2D eigenvalue weighted by atomic mass is 15.2. The highest BCUT2D eigenvalue weighted by molar-refractivity contribution is 5.90. The number of hydrogen-bond donors (Lipinski definition) is 1. The minimum Gasteiger partial charge on any atom is -0.360 e. The van der Waals surface area contributed by atoms with Gasteiger partial charge in [0.15, 0.2) is 0 Å². The van der Waals surface area contributed by atoms with Gasteiger partial charge in [0.05, 0.1) is 5.41 Å². The van der Waals surface area contributed by atoms with Crippen LogP contribution in [-0.4, -0.2) is 23.8 Å². The van der Waals surface area contributed by atoms with Gasteiger partial charge in [-0.05, 0) is 37.7 Å². The average Bonchev–Trinajstić information content (AvgIpc) is 2.51. The molecule has 0 radical (unpaired) electrons. The van der Waals surface area contributed by atoms with Gasteiger partial charge in [-0.3, -0.25) is 5.41 Å². The van der Waals surface area contributed by atoms with Gasteiger partial charge in [-0.2, -0.15) is 0 Å². The maximum absolute atomic E-state index is 8.75. The lowest BCUT2D eigenvalue weighted by Gasteiger charge is -2.41. The molecule has 2 rings (SSSR count). The molecule has 104 valence electrons. The zero-order chi connectivity index (χ0) is 13.7. The number of piperidine rings is 1. The monoisotopic (exact) mass is 258 g/mol. The molecule has 0 aliphatic carbocycles. The molecule has 1 heterocycles. The Morgan fingerprint density at radius 3 is 2.16 bits per heavy atom. The Kier molecular flexibility index (Phi) is 4.62. The normalized spacial score (nSPS) is 16.4. The number of nitrogens with zero attached hydrogens (tertiary/aromatic N) is 1. The van der Waals surface area contributed by atoms with Crippen molar-refractivity contribution in [2.45, 2.75) is 51.4 Å². The summed E-state index contributed by atoms with van der Waals surface area (Å²) in [5.41, 5.74) is 1.20. The van der Waals surface area contributed by atoms with Gasteiger partial charge >= 0.3 is 0 Å². The van der Waals surface area contributed by atoms with Crippen LogP contribution in [0.1, 0.15) is 51.5 Å². The van der Waals surface area contributed by atoms with E-state index in [0.717, 1.165) is 31.8 Å². The Hall–Kier alpha value is -1.31. The quantitative estimate of drug-likeness (QED) is 0.635. The van der Waals surface area contributed by atoms with E-state index in [-0.39, 0.29) is 5.41 Å². The number of benzene rings is 1. The fourth-order valence-corrected chi connectivity index (χ4v) is 3.31. The molecule has 1 N–H and O–H groups in total. The smallest absolute Gasteiger partial charge is 0.107 e. The van der Waals surface area contributed by atoms with Crippen molar-refractivity contribution >= 4 is 5.84 Å². The second-order valence-electron chi connectivity index (χ2n) is 5.55. The summed E-state index contributed by atoms with van der Waals surface area (Å²) in [7, 11) is 0. The van der Waals surface area contributed by atoms with Gasteiger partial charge in [0.2, 0.25) is 0 Å². The molecule has 1 aromatic rings. The highest BCUT2D eigenvalue weighted by Crippen LogP contribution is 2.34. The molecule has 0 bridgehead atoms. The Bertz CT molecular complexity index is 401. The maximum atomic E-state index is 8.75. The molecule has 0 spiro atoms. The number of likely N-dealkylation sites (tertiary alicyclic amines) is 1. The van der Waals surface area contributed by atoms with E-state index in [4.69, 9.17) is 5.41 Å². The van der Waals surface area contributed by atoms with E-state index in [1.165, 1.54) is 24.8 Å². The largest absolute Gasteiger partial charge is 0.360 e. The van der Waals surface area contributed by atoms with Crippen LogP contribution >= 0.6 is 0 Å². The lowest BCUT2D eigenvalue weighted by Crippen LogP contribution is -2.47. The van der Waals surface area contributed by atoms with Crippen LogP contribution in [0.5, 0.6) is 0 Å². The van der Waals surface area contributed by atoms with Gasteiger partial charge in [-0.1, -0.05) is 44.2 Å². The third kappa shape index (κ3) is 2.68. The van der Waals surface area contributed by atoms with Crippen molar-refractivity contribution in [1.82, 2.24) is 4.90 Å². The summed E-state index contributed by atoms with van der Waals surface area (Å²) in [5.74, 6) is 0.836. The molecule has 1 saturated heterocycles. The van der Waals surface area contributed by atoms with Crippen molar-refractivity contribution in [2.24, 2.45) is 0 Å². The van der Waals surface area contributed by atoms with E-state index in [0.29, 0.717) is 0 Å². The molecule has 0 aromatic heterocycles. The van der Waals surface area contributed by atoms with Gasteiger partial charge in [-0.25, -0.2) is 0 Å². The van der Waals surface area contributed by atoms with Crippen molar-refractivity contribution in [3.05, 3.63) is 35.9 Å². The van der Waals surface area contributed by atoms with Crippen LogP contribution in [0, 0.1) is 5.41 Å². The standard InChI is InChI=1S/C17H26N2/c1-3-17(4-2,15-11-7-5-8-12-15)16(18)19-13-9-6-10-14-19/h5,7-8,11-12,18H,3-4,6,9-10,13-14H2,1-2H3. The maximum Gasteiger partial charge on any atom is 0.107 e. The molecule has 1 aliphatic heterocycles. The second kappa shape index (κ2) is 6.23. The lowest BCUT2D eigenvalue weighted by atomic mass is 9.74. The zero-order valence-electron chi connectivity index (χ0n) is 12.3. The number of rotatable bonds is 4. The molecule has 0 amide bonds. The molecular formula is C17H26N2. The summed E-state index contributed by atoms with van der Waals surface area (Å²) in [4.78, 5) is 2.31. The molecule has 2 nitrogen and oxygen atoms in total. The van der Waals surface area contributed by atoms with Crippen molar-refractivity contribution in [3.63, 3.8) is 0 Å². The van der Waals surface area contributed by atoms with Crippen molar-refractivity contribution in [1.29, 1.82) is 5.41 Å². The molecule has 1 fully saturated rings. The fourth-order valence-electron chi connectivity index (χ4n) is 3.31. The van der Waals surface area contributed by atoms with Gasteiger partial charge < -0.3 is 4.90 Å². The van der Waals surface area contributed by atoms with Gasteiger partial charge in [0.25, 0.3) is 0 Å². The minimum absolute atomic E-state index is 0.0986. The number of nitrogens with one attached hydrogen (secondary N) is 1. The summed E-state index contributed by atoms with van der Waals surface area (Å²) in [6.07, 6.45) is 5.80. The zero-order valence-corrected chi connectivity index (χ0v) is 12.3. The van der Waals surface area contributed by atoms with E-state index >= 15 is 0 Å². The molecule has 0 atom stereocenters. The summed E-state index contributed by atoms with van der Waals surface area (Å²) in [5, 5.41) is 8.75. The predicted molar refractivity (Wildman–Crippen MR) is 81.9 cm³/mol. The SMILES string of the molecule is CCC(CC)(C(=N)N1CCCCC1)c1ccccc1. The lowest BCUT2D eigenvalue weighted by molar-refractivity contribution is 0.309. The summed E-state index contributed by atoms with van der Waals surface area (Å²) < 4.78 is 0. The minimum atomic E-state index is -0.0986. The summed E-state index contributed by atoms with van der Waals surface area (Å²) in [6.45, 7) is 6.56. The van der Waals surface area contributed by atoms with Gasteiger partial charge in [-0.15, -0.1) is 0 Å². The first-order chi connectivity index (χ1) is 9.24. The van der Waals surface area contributed by atoms with Gasteiger partial charge in [0.1, 0.15) is 5.84 Å². The van der Waals surface area contributed by atoms with Crippen LogP contribution in [-0.2, 0) is 5.41 Å². The first-order valence-corrected chi connectivity index (χ1v) is 7.64. The van der Waals surface area contributed by atoms with E-state index in [2.05, 4.69) is 49.1 Å². The summed E-state index contributed by atoms with van der Waals surface area (Å²) >= 11 is 0. The number of amidine groups is 1.